The van der Waals surface area contributed by atoms with Crippen molar-refractivity contribution in [2.24, 2.45) is 0 Å². The van der Waals surface area contributed by atoms with E-state index in [-0.39, 0.29) is 6.54 Å². The number of carbonyl (C=O) groups excluding carboxylic acids is 2. The van der Waals surface area contributed by atoms with E-state index in [0.29, 0.717) is 24.3 Å². The number of hydrogen-bond acceptors (Lipinski definition) is 7. The Morgan fingerprint density at radius 2 is 1.73 bits per heavy atom. The minimum Gasteiger partial charge on any atom is -0.497 e. The molecule has 8 nitrogen and oxygen atoms in total. The quantitative estimate of drug-likeness (QED) is 0.470. The zero-order valence-corrected chi connectivity index (χ0v) is 19.9. The average Bonchev–Trinajstić information content (AvgIpc) is 2.77. The summed E-state index contributed by atoms with van der Waals surface area (Å²) in [5, 5.41) is 16.8. The zero-order chi connectivity index (χ0) is 24.4. The number of carbonyl (C=O) groups is 2. The molecule has 2 rings (SSSR count). The number of esters is 1. The zero-order valence-electron chi connectivity index (χ0n) is 19.9. The van der Waals surface area contributed by atoms with Crippen molar-refractivity contribution in [2.75, 3.05) is 20.8 Å². The normalized spacial score (nSPS) is 13.0. The van der Waals surface area contributed by atoms with E-state index < -0.39 is 29.8 Å². The van der Waals surface area contributed by atoms with Crippen LogP contribution < -0.4 is 15.4 Å². The molecule has 0 saturated heterocycles. The number of aliphatic hydroxyl groups excluding tert-OH is 1. The van der Waals surface area contributed by atoms with Crippen LogP contribution in [0.3, 0.4) is 0 Å². The summed E-state index contributed by atoms with van der Waals surface area (Å²) >= 11 is 0. The molecule has 8 heteroatoms. The molecule has 0 aromatic heterocycles. The summed E-state index contributed by atoms with van der Waals surface area (Å²) in [7, 11) is 2.84. The van der Waals surface area contributed by atoms with Crippen LogP contribution in [0.1, 0.15) is 42.3 Å². The average molecular weight is 459 g/mol. The van der Waals surface area contributed by atoms with Crippen molar-refractivity contribution in [3.05, 3.63) is 65.2 Å². The number of benzene rings is 2. The van der Waals surface area contributed by atoms with Crippen LogP contribution >= 0.6 is 0 Å². The van der Waals surface area contributed by atoms with Gasteiger partial charge in [-0.05, 0) is 56.5 Å². The number of methoxy groups -OCH3 is 2. The first-order valence-electron chi connectivity index (χ1n) is 10.8. The highest BCUT2D eigenvalue weighted by Gasteiger charge is 2.25. The van der Waals surface area contributed by atoms with E-state index in [1.165, 1.54) is 14.2 Å². The molecule has 2 atom stereocenters. The number of ether oxygens (including phenoxy) is 3. The number of amides is 1. The molecule has 1 amide bonds. The predicted octanol–water partition coefficient (Wildman–Crippen LogP) is 3.07. The Labute approximate surface area is 195 Å². The lowest BCUT2D eigenvalue weighted by Crippen LogP contribution is -2.49. The molecule has 0 fully saturated rings. The third-order valence-corrected chi connectivity index (χ3v) is 4.77. The number of aliphatic hydroxyl groups is 1. The fraction of sp³-hybridized carbons (Fsp3) is 0.440. The van der Waals surface area contributed by atoms with Crippen molar-refractivity contribution in [1.29, 1.82) is 0 Å². The lowest BCUT2D eigenvalue weighted by molar-refractivity contribution is 0.0422. The van der Waals surface area contributed by atoms with Gasteiger partial charge >= 0.3 is 12.1 Å². The topological polar surface area (TPSA) is 106 Å². The van der Waals surface area contributed by atoms with Gasteiger partial charge in [0.05, 0.1) is 31.9 Å². The summed E-state index contributed by atoms with van der Waals surface area (Å²) in [5.74, 6) is 0.0727. The first-order valence-corrected chi connectivity index (χ1v) is 10.8. The number of alkyl carbamates (subject to hydrolysis) is 1. The summed E-state index contributed by atoms with van der Waals surface area (Å²) in [6.07, 6.45) is -1.03. The molecule has 0 spiro atoms. The summed E-state index contributed by atoms with van der Waals surface area (Å²) < 4.78 is 15.4. The first-order chi connectivity index (χ1) is 15.6. The predicted molar refractivity (Wildman–Crippen MR) is 125 cm³/mol. The SMILES string of the molecule is COC(=O)c1cc(CNC[C@@H](O)[C@H](Cc2ccccc2)NC(=O)OC(C)(C)C)cc(OC)c1. The number of nitrogens with one attached hydrogen (secondary N) is 2. The highest BCUT2D eigenvalue weighted by Crippen LogP contribution is 2.18. The van der Waals surface area contributed by atoms with Crippen LogP contribution in [0.15, 0.2) is 48.5 Å². The monoisotopic (exact) mass is 458 g/mol. The molecule has 0 aliphatic heterocycles. The van der Waals surface area contributed by atoms with Gasteiger partial charge in [-0.2, -0.15) is 0 Å². The Morgan fingerprint density at radius 1 is 1.03 bits per heavy atom. The largest absolute Gasteiger partial charge is 0.497 e. The smallest absolute Gasteiger partial charge is 0.407 e. The first kappa shape index (κ1) is 26.2. The van der Waals surface area contributed by atoms with Crippen LogP contribution in [0, 0.1) is 0 Å². The van der Waals surface area contributed by atoms with E-state index in [0.717, 1.165) is 11.1 Å². The number of hydrogen-bond donors (Lipinski definition) is 3. The Balaban J connectivity index is 2.05. The molecule has 3 N–H and O–H groups in total. The van der Waals surface area contributed by atoms with Gasteiger partial charge < -0.3 is 30.0 Å². The molecule has 0 aliphatic carbocycles. The van der Waals surface area contributed by atoms with Gasteiger partial charge in [0.25, 0.3) is 0 Å². The lowest BCUT2D eigenvalue weighted by atomic mass is 10.0. The highest BCUT2D eigenvalue weighted by atomic mass is 16.6. The maximum atomic E-state index is 12.3. The summed E-state index contributed by atoms with van der Waals surface area (Å²) in [4.78, 5) is 24.2. The molecule has 0 unspecified atom stereocenters. The van der Waals surface area contributed by atoms with Crippen LogP contribution in [0.2, 0.25) is 0 Å². The van der Waals surface area contributed by atoms with Crippen LogP contribution in [0.25, 0.3) is 0 Å². The van der Waals surface area contributed by atoms with Crippen LogP contribution in [-0.2, 0) is 22.4 Å². The molecule has 0 aliphatic rings. The Morgan fingerprint density at radius 3 is 2.33 bits per heavy atom. The van der Waals surface area contributed by atoms with Crippen LogP contribution in [0.5, 0.6) is 5.75 Å². The van der Waals surface area contributed by atoms with Gasteiger partial charge in [-0.15, -0.1) is 0 Å². The molecule has 2 aromatic carbocycles. The highest BCUT2D eigenvalue weighted by molar-refractivity contribution is 5.90. The van der Waals surface area contributed by atoms with Gasteiger partial charge in [0, 0.05) is 13.1 Å². The second-order valence-electron chi connectivity index (χ2n) is 8.70. The standard InChI is InChI=1S/C25H34N2O6/c1-25(2,3)33-24(30)27-21(13-17-9-7-6-8-10-17)22(28)16-26-15-18-11-19(23(29)32-5)14-20(12-18)31-4/h6-12,14,21-22,26,28H,13,15-16H2,1-5H3,(H,27,30)/t21-,22+/m0/s1. The van der Waals surface area contributed by atoms with E-state index >= 15 is 0 Å². The van der Waals surface area contributed by atoms with Gasteiger partial charge in [0.2, 0.25) is 0 Å². The van der Waals surface area contributed by atoms with Gasteiger partial charge in [-0.3, -0.25) is 0 Å². The third-order valence-electron chi connectivity index (χ3n) is 4.77. The molecule has 2 aromatic rings. The number of rotatable bonds is 10. The molecule has 0 bridgehead atoms. The van der Waals surface area contributed by atoms with Crippen molar-refractivity contribution in [3.8, 4) is 5.75 Å². The molecule has 33 heavy (non-hydrogen) atoms. The van der Waals surface area contributed by atoms with Crippen molar-refractivity contribution < 1.29 is 28.9 Å². The molecule has 180 valence electrons. The minimum atomic E-state index is -0.886. The van der Waals surface area contributed by atoms with Crippen molar-refractivity contribution in [1.82, 2.24) is 10.6 Å². The summed E-state index contributed by atoms with van der Waals surface area (Å²) in [6.45, 7) is 5.94. The second-order valence-corrected chi connectivity index (χ2v) is 8.70. The third kappa shape index (κ3) is 9.11. The van der Waals surface area contributed by atoms with Gasteiger partial charge in [0.1, 0.15) is 11.4 Å². The van der Waals surface area contributed by atoms with E-state index in [1.807, 2.05) is 30.3 Å². The van der Waals surface area contributed by atoms with Gasteiger partial charge in [-0.1, -0.05) is 30.3 Å². The fourth-order valence-electron chi connectivity index (χ4n) is 3.23. The van der Waals surface area contributed by atoms with Gasteiger partial charge in [-0.25, -0.2) is 9.59 Å². The summed E-state index contributed by atoms with van der Waals surface area (Å²) in [5.41, 5.74) is 1.51. The molecular formula is C25H34N2O6. The second kappa shape index (κ2) is 12.2. The lowest BCUT2D eigenvalue weighted by Gasteiger charge is -2.27. The van der Waals surface area contributed by atoms with Crippen molar-refractivity contribution >= 4 is 12.1 Å². The van der Waals surface area contributed by atoms with E-state index in [2.05, 4.69) is 10.6 Å². The van der Waals surface area contributed by atoms with Crippen molar-refractivity contribution in [2.45, 2.75) is 51.5 Å². The van der Waals surface area contributed by atoms with E-state index in [1.54, 1.807) is 39.0 Å². The Kier molecular flexibility index (Phi) is 9.69. The molecule has 0 heterocycles. The molecule has 0 saturated carbocycles. The van der Waals surface area contributed by atoms with Crippen LogP contribution in [-0.4, -0.2) is 55.7 Å². The Bertz CT molecular complexity index is 911. The maximum absolute atomic E-state index is 12.3. The maximum Gasteiger partial charge on any atom is 0.407 e. The fourth-order valence-corrected chi connectivity index (χ4v) is 3.23. The van der Waals surface area contributed by atoms with Gasteiger partial charge in [0.15, 0.2) is 0 Å². The molecular weight excluding hydrogens is 424 g/mol. The van der Waals surface area contributed by atoms with E-state index in [4.69, 9.17) is 14.2 Å². The minimum absolute atomic E-state index is 0.206. The van der Waals surface area contributed by atoms with Crippen molar-refractivity contribution in [3.63, 3.8) is 0 Å². The summed E-state index contributed by atoms with van der Waals surface area (Å²) in [6, 6.07) is 14.1. The van der Waals surface area contributed by atoms with E-state index in [9.17, 15) is 14.7 Å². The molecule has 0 radical (unpaired) electrons. The Hall–Kier alpha value is -3.10. The van der Waals surface area contributed by atoms with Crippen LogP contribution in [0.4, 0.5) is 4.79 Å².